The summed E-state index contributed by atoms with van der Waals surface area (Å²) < 4.78 is 0.808. The van der Waals surface area contributed by atoms with Crippen molar-refractivity contribution < 1.29 is 0 Å². The van der Waals surface area contributed by atoms with Crippen molar-refractivity contribution in [2.24, 2.45) is 0 Å². The Hall–Kier alpha value is -0.460. The van der Waals surface area contributed by atoms with E-state index in [-0.39, 0.29) is 0 Å². The van der Waals surface area contributed by atoms with E-state index in [0.717, 1.165) is 15.6 Å². The summed E-state index contributed by atoms with van der Waals surface area (Å²) in [5.41, 5.74) is 1.33. The molecule has 3 nitrogen and oxygen atoms in total. The van der Waals surface area contributed by atoms with Gasteiger partial charge in [-0.05, 0) is 39.9 Å². The molecule has 6 heteroatoms. The van der Waals surface area contributed by atoms with Gasteiger partial charge >= 0.3 is 0 Å². The van der Waals surface area contributed by atoms with Gasteiger partial charge < -0.3 is 5.32 Å². The predicted molar refractivity (Wildman–Crippen MR) is 64.0 cm³/mol. The summed E-state index contributed by atoms with van der Waals surface area (Å²) in [6, 6.07) is 2.12. The minimum atomic E-state index is 0.808. The molecule has 2 aromatic heterocycles. The van der Waals surface area contributed by atoms with Gasteiger partial charge in [0, 0.05) is 4.88 Å². The molecule has 1 N–H and O–H groups in total. The van der Waals surface area contributed by atoms with Crippen LogP contribution in [-0.4, -0.2) is 10.2 Å². The second-order valence-electron chi connectivity index (χ2n) is 2.74. The highest BCUT2D eigenvalue weighted by molar-refractivity contribution is 9.11. The fourth-order valence-electron chi connectivity index (χ4n) is 1.02. The molecule has 2 heterocycles. The van der Waals surface area contributed by atoms with Gasteiger partial charge in [0.25, 0.3) is 0 Å². The number of nitrogens with zero attached hydrogens (tertiary/aromatic N) is 2. The molecule has 0 bridgehead atoms. The smallest absolute Gasteiger partial charge is 0.206 e. The topological polar surface area (TPSA) is 37.8 Å². The number of thiophene rings is 1. The summed E-state index contributed by atoms with van der Waals surface area (Å²) in [4.78, 5) is 1.34. The maximum Gasteiger partial charge on any atom is 0.206 e. The number of anilines is 1. The van der Waals surface area contributed by atoms with Crippen molar-refractivity contribution in [1.29, 1.82) is 0 Å². The third-order valence-electron chi connectivity index (χ3n) is 1.77. The molecule has 0 saturated heterocycles. The van der Waals surface area contributed by atoms with Gasteiger partial charge in [-0.3, -0.25) is 0 Å². The summed E-state index contributed by atoms with van der Waals surface area (Å²) >= 11 is 6.53. The number of rotatable bonds is 3. The van der Waals surface area contributed by atoms with Crippen molar-refractivity contribution in [3.63, 3.8) is 0 Å². The maximum atomic E-state index is 3.96. The van der Waals surface area contributed by atoms with Crippen LogP contribution in [0.25, 0.3) is 0 Å². The Morgan fingerprint density at radius 2 is 2.36 bits per heavy atom. The molecule has 0 aliphatic heterocycles. The number of aromatic nitrogens is 2. The number of aryl methyl sites for hydroxylation is 1. The van der Waals surface area contributed by atoms with Crippen LogP contribution < -0.4 is 5.32 Å². The van der Waals surface area contributed by atoms with E-state index in [9.17, 15) is 0 Å². The number of nitrogens with one attached hydrogen (secondary N) is 1. The number of hydrogen-bond donors (Lipinski definition) is 1. The first kappa shape index (κ1) is 10.1. The summed E-state index contributed by atoms with van der Waals surface area (Å²) in [7, 11) is 0. The van der Waals surface area contributed by atoms with E-state index in [2.05, 4.69) is 49.8 Å². The van der Waals surface area contributed by atoms with Gasteiger partial charge in [-0.2, -0.15) is 0 Å². The van der Waals surface area contributed by atoms with Crippen LogP contribution in [0.1, 0.15) is 10.4 Å². The SMILES string of the molecule is Cc1ccsc1CNc1nnc(Br)s1. The average Bonchev–Trinajstić information content (AvgIpc) is 2.72. The minimum Gasteiger partial charge on any atom is -0.355 e. The van der Waals surface area contributed by atoms with Crippen molar-refractivity contribution in [3.8, 4) is 0 Å². The highest BCUT2D eigenvalue weighted by Gasteiger charge is 2.02. The van der Waals surface area contributed by atoms with Gasteiger partial charge in [-0.1, -0.05) is 11.3 Å². The first-order chi connectivity index (χ1) is 6.75. The molecule has 0 unspecified atom stereocenters. The molecule has 0 aliphatic rings. The third kappa shape index (κ3) is 2.31. The predicted octanol–water partition coefficient (Wildman–Crippen LogP) is 3.28. The van der Waals surface area contributed by atoms with E-state index < -0.39 is 0 Å². The quantitative estimate of drug-likeness (QED) is 0.942. The Labute approximate surface area is 98.3 Å². The molecule has 0 radical (unpaired) electrons. The van der Waals surface area contributed by atoms with E-state index in [1.54, 1.807) is 11.3 Å². The Morgan fingerprint density at radius 3 is 2.93 bits per heavy atom. The lowest BCUT2D eigenvalue weighted by atomic mass is 10.3. The summed E-state index contributed by atoms with van der Waals surface area (Å²) in [6.07, 6.45) is 0. The number of hydrogen-bond acceptors (Lipinski definition) is 5. The zero-order valence-corrected chi connectivity index (χ0v) is 10.7. The first-order valence-electron chi connectivity index (χ1n) is 4.01. The minimum absolute atomic E-state index is 0.808. The molecular weight excluding hydrogens is 282 g/mol. The van der Waals surface area contributed by atoms with Crippen LogP contribution in [0.4, 0.5) is 5.13 Å². The molecule has 0 fully saturated rings. The van der Waals surface area contributed by atoms with Gasteiger partial charge in [-0.15, -0.1) is 21.5 Å². The lowest BCUT2D eigenvalue weighted by Crippen LogP contribution is -1.97. The molecule has 2 rings (SSSR count). The summed E-state index contributed by atoms with van der Waals surface area (Å²) in [6.45, 7) is 2.94. The Bertz CT molecular complexity index is 424. The van der Waals surface area contributed by atoms with E-state index >= 15 is 0 Å². The van der Waals surface area contributed by atoms with Crippen LogP contribution in [0.15, 0.2) is 15.4 Å². The summed E-state index contributed by atoms with van der Waals surface area (Å²) in [5, 5.41) is 14.0. The monoisotopic (exact) mass is 289 g/mol. The maximum absolute atomic E-state index is 3.96. The van der Waals surface area contributed by atoms with E-state index in [1.807, 2.05) is 0 Å². The van der Waals surface area contributed by atoms with Gasteiger partial charge in [-0.25, -0.2) is 0 Å². The second kappa shape index (κ2) is 4.37. The third-order valence-corrected chi connectivity index (χ3v) is 4.11. The van der Waals surface area contributed by atoms with Crippen molar-refractivity contribution in [1.82, 2.24) is 10.2 Å². The largest absolute Gasteiger partial charge is 0.355 e. The fourth-order valence-corrected chi connectivity index (χ4v) is 2.87. The van der Waals surface area contributed by atoms with Gasteiger partial charge in [0.05, 0.1) is 6.54 Å². The number of halogens is 1. The fraction of sp³-hybridized carbons (Fsp3) is 0.250. The molecule has 0 saturated carbocycles. The van der Waals surface area contributed by atoms with Crippen LogP contribution in [0.3, 0.4) is 0 Å². The van der Waals surface area contributed by atoms with E-state index in [1.165, 1.54) is 21.8 Å². The second-order valence-corrected chi connectivity index (χ2v) is 5.99. The van der Waals surface area contributed by atoms with Crippen molar-refractivity contribution in [2.45, 2.75) is 13.5 Å². The molecule has 14 heavy (non-hydrogen) atoms. The average molecular weight is 290 g/mol. The normalized spacial score (nSPS) is 10.4. The van der Waals surface area contributed by atoms with Crippen LogP contribution >= 0.6 is 38.6 Å². The lowest BCUT2D eigenvalue weighted by Gasteiger charge is -1.99. The van der Waals surface area contributed by atoms with Gasteiger partial charge in [0.15, 0.2) is 3.92 Å². The molecular formula is C8H8BrN3S2. The lowest BCUT2D eigenvalue weighted by molar-refractivity contribution is 1.04. The van der Waals surface area contributed by atoms with Crippen LogP contribution in [-0.2, 0) is 6.54 Å². The first-order valence-corrected chi connectivity index (χ1v) is 6.50. The molecule has 2 aromatic rings. The standard InChI is InChI=1S/C8H8BrN3S2/c1-5-2-3-13-6(5)4-10-8-12-11-7(9)14-8/h2-3H,4H2,1H3,(H,10,12). The molecule has 0 amide bonds. The Balaban J connectivity index is 1.98. The summed E-state index contributed by atoms with van der Waals surface area (Å²) in [5.74, 6) is 0. The Kier molecular flexibility index (Phi) is 3.15. The van der Waals surface area contributed by atoms with Crippen LogP contribution in [0.5, 0.6) is 0 Å². The van der Waals surface area contributed by atoms with Gasteiger partial charge in [0.2, 0.25) is 5.13 Å². The van der Waals surface area contributed by atoms with Crippen molar-refractivity contribution >= 4 is 43.7 Å². The van der Waals surface area contributed by atoms with E-state index in [4.69, 9.17) is 0 Å². The highest BCUT2D eigenvalue weighted by Crippen LogP contribution is 2.22. The molecule has 0 aromatic carbocycles. The van der Waals surface area contributed by atoms with Crippen molar-refractivity contribution in [3.05, 3.63) is 25.8 Å². The zero-order valence-electron chi connectivity index (χ0n) is 7.45. The van der Waals surface area contributed by atoms with Crippen LogP contribution in [0.2, 0.25) is 0 Å². The van der Waals surface area contributed by atoms with Gasteiger partial charge in [0.1, 0.15) is 0 Å². The molecule has 74 valence electrons. The van der Waals surface area contributed by atoms with E-state index in [0.29, 0.717) is 0 Å². The zero-order chi connectivity index (χ0) is 9.97. The van der Waals surface area contributed by atoms with Crippen molar-refractivity contribution in [2.75, 3.05) is 5.32 Å². The highest BCUT2D eigenvalue weighted by atomic mass is 79.9. The molecule has 0 atom stereocenters. The molecule has 0 aliphatic carbocycles. The molecule has 0 spiro atoms. The Morgan fingerprint density at radius 1 is 1.50 bits per heavy atom. The van der Waals surface area contributed by atoms with Crippen LogP contribution in [0, 0.1) is 6.92 Å².